The molecule has 0 aliphatic heterocycles. The van der Waals surface area contributed by atoms with E-state index in [-0.39, 0.29) is 12.8 Å². The van der Waals surface area contributed by atoms with Crippen LogP contribution in [0, 0.1) is 23.1 Å². The average molecular weight is 363 g/mol. The summed E-state index contributed by atoms with van der Waals surface area (Å²) in [4.78, 5) is 36.0. The zero-order valence-electron chi connectivity index (χ0n) is 14.9. The molecule has 0 saturated heterocycles. The Kier molecular flexibility index (Phi) is 8.22. The third-order valence-electron chi connectivity index (χ3n) is 3.76. The van der Waals surface area contributed by atoms with Gasteiger partial charge in [0.2, 0.25) is 11.8 Å². The first-order valence-corrected chi connectivity index (χ1v) is 8.05. The lowest BCUT2D eigenvalue weighted by molar-refractivity contribution is -0.146. The lowest BCUT2D eigenvalue weighted by Gasteiger charge is -2.24. The molecule has 0 unspecified atom stereocenters. The van der Waals surface area contributed by atoms with E-state index in [0.29, 0.717) is 5.56 Å². The van der Waals surface area contributed by atoms with Gasteiger partial charge in [0, 0.05) is 25.7 Å². The highest BCUT2D eigenvalue weighted by Crippen LogP contribution is 2.11. The molecule has 0 aliphatic carbocycles. The monoisotopic (exact) mass is 363 g/mol. The summed E-state index contributed by atoms with van der Waals surface area (Å²) in [5.41, 5.74) is 0.513. The minimum Gasteiger partial charge on any atom is -0.467 e. The number of nitrogens with zero attached hydrogens (tertiary/aromatic N) is 1. The number of carbonyl (C=O) groups is 3. The second-order valence-electron chi connectivity index (χ2n) is 5.94. The highest BCUT2D eigenvalue weighted by atomic mass is 19.1. The molecular weight excluding hydrogens is 341 g/mol. The van der Waals surface area contributed by atoms with E-state index in [1.807, 2.05) is 6.07 Å². The molecule has 0 bridgehead atoms. The van der Waals surface area contributed by atoms with Gasteiger partial charge in [0.25, 0.3) is 0 Å². The molecule has 26 heavy (non-hydrogen) atoms. The number of esters is 1. The zero-order chi connectivity index (χ0) is 19.7. The Labute approximate surface area is 151 Å². The van der Waals surface area contributed by atoms with Gasteiger partial charge in [-0.1, -0.05) is 19.1 Å². The van der Waals surface area contributed by atoms with Gasteiger partial charge in [-0.05, 0) is 17.7 Å². The molecule has 0 spiro atoms. The van der Waals surface area contributed by atoms with Crippen LogP contribution in [-0.4, -0.2) is 37.0 Å². The van der Waals surface area contributed by atoms with Crippen molar-refractivity contribution in [3.63, 3.8) is 0 Å². The molecule has 140 valence electrons. The van der Waals surface area contributed by atoms with Crippen LogP contribution < -0.4 is 10.6 Å². The van der Waals surface area contributed by atoms with Gasteiger partial charge in [-0.25, -0.2) is 9.18 Å². The maximum atomic E-state index is 13.4. The fourth-order valence-electron chi connectivity index (χ4n) is 2.43. The van der Waals surface area contributed by atoms with Crippen LogP contribution in [0.2, 0.25) is 0 Å². The Bertz CT molecular complexity index is 702. The first-order chi connectivity index (χ1) is 12.3. The number of benzene rings is 1. The zero-order valence-corrected chi connectivity index (χ0v) is 14.9. The molecule has 0 heterocycles. The maximum absolute atomic E-state index is 13.4. The van der Waals surface area contributed by atoms with E-state index >= 15 is 0 Å². The molecule has 8 heteroatoms. The Morgan fingerprint density at radius 1 is 1.31 bits per heavy atom. The van der Waals surface area contributed by atoms with Crippen molar-refractivity contribution in [3.8, 4) is 6.07 Å². The van der Waals surface area contributed by atoms with Crippen molar-refractivity contribution in [2.24, 2.45) is 5.92 Å². The van der Waals surface area contributed by atoms with Crippen molar-refractivity contribution in [2.75, 3.05) is 7.11 Å². The highest BCUT2D eigenvalue weighted by molar-refractivity contribution is 5.90. The summed E-state index contributed by atoms with van der Waals surface area (Å²) >= 11 is 0. The van der Waals surface area contributed by atoms with Crippen LogP contribution in [0.3, 0.4) is 0 Å². The highest BCUT2D eigenvalue weighted by Gasteiger charge is 2.30. The van der Waals surface area contributed by atoms with Crippen LogP contribution in [0.1, 0.15) is 25.8 Å². The number of hydrogen-bond donors (Lipinski definition) is 2. The van der Waals surface area contributed by atoms with E-state index in [1.165, 1.54) is 32.2 Å². The van der Waals surface area contributed by atoms with E-state index in [9.17, 15) is 18.8 Å². The molecular formula is C18H22FN3O4. The number of hydrogen-bond acceptors (Lipinski definition) is 5. The third-order valence-corrected chi connectivity index (χ3v) is 3.76. The Balaban J connectivity index is 2.97. The number of carbonyl (C=O) groups excluding carboxylic acids is 3. The Hall–Kier alpha value is -2.95. The van der Waals surface area contributed by atoms with Gasteiger partial charge in [-0.15, -0.1) is 0 Å². The van der Waals surface area contributed by atoms with E-state index in [1.54, 1.807) is 13.0 Å². The molecule has 7 nitrogen and oxygen atoms in total. The quantitative estimate of drug-likeness (QED) is 0.672. The Morgan fingerprint density at radius 2 is 2.00 bits per heavy atom. The van der Waals surface area contributed by atoms with Crippen molar-refractivity contribution < 1.29 is 23.5 Å². The summed E-state index contributed by atoms with van der Waals surface area (Å²) in [5.74, 6) is -2.69. The topological polar surface area (TPSA) is 108 Å². The van der Waals surface area contributed by atoms with Crippen LogP contribution in [0.4, 0.5) is 4.39 Å². The van der Waals surface area contributed by atoms with Crippen molar-refractivity contribution in [2.45, 2.75) is 38.8 Å². The van der Waals surface area contributed by atoms with Gasteiger partial charge in [0.05, 0.1) is 13.2 Å². The van der Waals surface area contributed by atoms with Gasteiger partial charge in [-0.2, -0.15) is 5.26 Å². The lowest BCUT2D eigenvalue weighted by atomic mass is 9.97. The second-order valence-corrected chi connectivity index (χ2v) is 5.94. The van der Waals surface area contributed by atoms with Crippen molar-refractivity contribution >= 4 is 17.8 Å². The molecule has 0 aromatic heterocycles. The molecule has 2 N–H and O–H groups in total. The summed E-state index contributed by atoms with van der Waals surface area (Å²) in [5, 5.41) is 13.8. The number of amides is 2. The second kappa shape index (κ2) is 10.1. The molecule has 0 fully saturated rings. The molecule has 2 amide bonds. The van der Waals surface area contributed by atoms with E-state index in [0.717, 1.165) is 0 Å². The number of halogens is 1. The van der Waals surface area contributed by atoms with Crippen LogP contribution in [0.5, 0.6) is 0 Å². The summed E-state index contributed by atoms with van der Waals surface area (Å²) < 4.78 is 18.0. The standard InChI is InChI=1S/C18H22FN3O4/c1-11(7-8-20)16(18(25)26-3)22-17(24)15(21-12(2)23)10-13-5-4-6-14(19)9-13/h4-6,9,11,15-16H,7,10H2,1-3H3,(H,21,23)(H,22,24)/t11-,15+,16-/m1/s1. The lowest BCUT2D eigenvalue weighted by Crippen LogP contribution is -2.54. The molecule has 0 aliphatic rings. The molecule has 1 rings (SSSR count). The first-order valence-electron chi connectivity index (χ1n) is 8.05. The fraction of sp³-hybridized carbons (Fsp3) is 0.444. The smallest absolute Gasteiger partial charge is 0.328 e. The third kappa shape index (κ3) is 6.51. The number of methoxy groups -OCH3 is 1. The Morgan fingerprint density at radius 3 is 2.54 bits per heavy atom. The summed E-state index contributed by atoms with van der Waals surface area (Å²) in [7, 11) is 1.18. The minimum atomic E-state index is -1.03. The van der Waals surface area contributed by atoms with Gasteiger partial charge in [0.15, 0.2) is 0 Å². The number of nitrogens with one attached hydrogen (secondary N) is 2. The van der Waals surface area contributed by atoms with Gasteiger partial charge in [-0.3, -0.25) is 9.59 Å². The van der Waals surface area contributed by atoms with Crippen molar-refractivity contribution in [1.82, 2.24) is 10.6 Å². The number of nitriles is 1. The van der Waals surface area contributed by atoms with E-state index < -0.39 is 41.6 Å². The van der Waals surface area contributed by atoms with Gasteiger partial charge < -0.3 is 15.4 Å². The van der Waals surface area contributed by atoms with E-state index in [2.05, 4.69) is 15.4 Å². The molecule has 0 radical (unpaired) electrons. The number of rotatable bonds is 8. The van der Waals surface area contributed by atoms with Gasteiger partial charge in [0.1, 0.15) is 17.9 Å². The molecule has 0 saturated carbocycles. The predicted octanol–water partition coefficient (Wildman–Crippen LogP) is 1.08. The van der Waals surface area contributed by atoms with Crippen LogP contribution in [0.25, 0.3) is 0 Å². The van der Waals surface area contributed by atoms with Crippen LogP contribution >= 0.6 is 0 Å². The first kappa shape index (κ1) is 21.1. The maximum Gasteiger partial charge on any atom is 0.328 e. The summed E-state index contributed by atoms with van der Waals surface area (Å²) in [6, 6.07) is 5.56. The molecule has 1 aromatic rings. The van der Waals surface area contributed by atoms with Crippen LogP contribution in [-0.2, 0) is 25.5 Å². The van der Waals surface area contributed by atoms with Gasteiger partial charge >= 0.3 is 5.97 Å². The number of ether oxygens (including phenoxy) is 1. The summed E-state index contributed by atoms with van der Waals surface area (Å²) in [6.07, 6.45) is 0.0818. The van der Waals surface area contributed by atoms with Crippen molar-refractivity contribution in [3.05, 3.63) is 35.6 Å². The van der Waals surface area contributed by atoms with Crippen LogP contribution in [0.15, 0.2) is 24.3 Å². The largest absolute Gasteiger partial charge is 0.467 e. The summed E-state index contributed by atoms with van der Waals surface area (Å²) in [6.45, 7) is 2.88. The minimum absolute atomic E-state index is 0.0365. The predicted molar refractivity (Wildman–Crippen MR) is 91.0 cm³/mol. The molecule has 3 atom stereocenters. The average Bonchev–Trinajstić information content (AvgIpc) is 2.58. The fourth-order valence-corrected chi connectivity index (χ4v) is 2.43. The van der Waals surface area contributed by atoms with E-state index in [4.69, 9.17) is 5.26 Å². The SMILES string of the molecule is COC(=O)[C@H](NC(=O)[C@H](Cc1cccc(F)c1)NC(C)=O)[C@H](C)CC#N. The van der Waals surface area contributed by atoms with Crippen molar-refractivity contribution in [1.29, 1.82) is 5.26 Å². The molecule has 1 aromatic carbocycles. The normalized spacial score (nSPS) is 13.7.